The molecule has 0 fully saturated rings. The van der Waals surface area contributed by atoms with Crippen LogP contribution in [0.3, 0.4) is 0 Å². The van der Waals surface area contributed by atoms with Crippen molar-refractivity contribution in [2.75, 3.05) is 12.4 Å². The van der Waals surface area contributed by atoms with E-state index in [2.05, 4.69) is 15.4 Å². The summed E-state index contributed by atoms with van der Waals surface area (Å²) >= 11 is 0. The quantitative estimate of drug-likeness (QED) is 0.799. The Morgan fingerprint density at radius 3 is 2.71 bits per heavy atom. The minimum atomic E-state index is -1.01. The Labute approximate surface area is 135 Å². The number of amides is 1. The Bertz CT molecular complexity index is 895. The largest absolute Gasteiger partial charge is 0.495 e. The summed E-state index contributed by atoms with van der Waals surface area (Å²) in [5.41, 5.74) is 0.715. The predicted octanol–water partition coefficient (Wildman–Crippen LogP) is 2.81. The Morgan fingerprint density at radius 2 is 1.96 bits per heavy atom. The summed E-state index contributed by atoms with van der Waals surface area (Å²) in [7, 11) is 1.49. The van der Waals surface area contributed by atoms with E-state index in [1.165, 1.54) is 24.2 Å². The van der Waals surface area contributed by atoms with Gasteiger partial charge in [-0.05, 0) is 24.3 Å². The fraction of sp³-hybridized carbons (Fsp3) is 0.0625. The summed E-state index contributed by atoms with van der Waals surface area (Å²) in [6.07, 6.45) is 1.24. The maximum absolute atomic E-state index is 13.3. The summed E-state index contributed by atoms with van der Waals surface area (Å²) in [6.45, 7) is 0. The first-order valence-corrected chi connectivity index (χ1v) is 6.90. The molecule has 0 aliphatic heterocycles. The van der Waals surface area contributed by atoms with Crippen molar-refractivity contribution in [3.8, 4) is 11.4 Å². The maximum Gasteiger partial charge on any atom is 0.295 e. The molecule has 24 heavy (non-hydrogen) atoms. The molecule has 0 saturated carbocycles. The first-order valence-electron chi connectivity index (χ1n) is 6.90. The van der Waals surface area contributed by atoms with Gasteiger partial charge in [0, 0.05) is 6.07 Å². The summed E-state index contributed by atoms with van der Waals surface area (Å²) < 4.78 is 32.6. The first-order chi connectivity index (χ1) is 11.6. The van der Waals surface area contributed by atoms with Gasteiger partial charge in [0.25, 0.3) is 5.91 Å². The van der Waals surface area contributed by atoms with Crippen LogP contribution in [0.15, 0.2) is 48.8 Å². The fourth-order valence-corrected chi connectivity index (χ4v) is 2.05. The highest BCUT2D eigenvalue weighted by Crippen LogP contribution is 2.23. The molecule has 3 rings (SSSR count). The molecule has 0 aliphatic rings. The highest BCUT2D eigenvalue weighted by atomic mass is 19.2. The second kappa shape index (κ2) is 6.45. The van der Waals surface area contributed by atoms with Crippen molar-refractivity contribution < 1.29 is 18.3 Å². The zero-order chi connectivity index (χ0) is 17.1. The maximum atomic E-state index is 13.3. The number of para-hydroxylation sites is 2. The van der Waals surface area contributed by atoms with Gasteiger partial charge in [-0.15, -0.1) is 5.10 Å². The summed E-state index contributed by atoms with van der Waals surface area (Å²) in [5.74, 6) is -2.16. The number of ether oxygens (including phenoxy) is 1. The molecule has 0 aliphatic carbocycles. The lowest BCUT2D eigenvalue weighted by Gasteiger charge is -2.08. The van der Waals surface area contributed by atoms with E-state index in [0.29, 0.717) is 11.4 Å². The highest BCUT2D eigenvalue weighted by Gasteiger charge is 2.15. The predicted molar refractivity (Wildman–Crippen MR) is 82.2 cm³/mol. The van der Waals surface area contributed by atoms with Crippen molar-refractivity contribution in [3.63, 3.8) is 0 Å². The van der Waals surface area contributed by atoms with Gasteiger partial charge in [-0.3, -0.25) is 4.79 Å². The molecule has 122 valence electrons. The summed E-state index contributed by atoms with van der Waals surface area (Å²) in [4.78, 5) is 16.1. The average Bonchev–Trinajstić information content (AvgIpc) is 3.08. The van der Waals surface area contributed by atoms with E-state index in [1.807, 2.05) is 0 Å². The van der Waals surface area contributed by atoms with E-state index in [-0.39, 0.29) is 11.5 Å². The zero-order valence-corrected chi connectivity index (χ0v) is 12.5. The number of nitrogens with one attached hydrogen (secondary N) is 1. The van der Waals surface area contributed by atoms with Crippen molar-refractivity contribution in [2.24, 2.45) is 0 Å². The first kappa shape index (κ1) is 15.6. The third-order valence-corrected chi connectivity index (χ3v) is 3.22. The van der Waals surface area contributed by atoms with Gasteiger partial charge in [-0.2, -0.15) is 0 Å². The van der Waals surface area contributed by atoms with Crippen molar-refractivity contribution in [3.05, 3.63) is 66.3 Å². The third-order valence-electron chi connectivity index (χ3n) is 3.22. The minimum Gasteiger partial charge on any atom is -0.495 e. The van der Waals surface area contributed by atoms with Crippen molar-refractivity contribution in [1.29, 1.82) is 0 Å². The van der Waals surface area contributed by atoms with Crippen LogP contribution < -0.4 is 10.1 Å². The van der Waals surface area contributed by atoms with Crippen LogP contribution in [0.2, 0.25) is 0 Å². The van der Waals surface area contributed by atoms with Crippen molar-refractivity contribution in [1.82, 2.24) is 14.8 Å². The van der Waals surface area contributed by atoms with Gasteiger partial charge in [0.1, 0.15) is 12.1 Å². The van der Waals surface area contributed by atoms with Gasteiger partial charge in [0.15, 0.2) is 11.6 Å². The van der Waals surface area contributed by atoms with E-state index >= 15 is 0 Å². The molecule has 1 aromatic heterocycles. The molecule has 0 bridgehead atoms. The van der Waals surface area contributed by atoms with Gasteiger partial charge < -0.3 is 10.1 Å². The van der Waals surface area contributed by atoms with Gasteiger partial charge in [-0.25, -0.2) is 18.4 Å². The van der Waals surface area contributed by atoms with Crippen LogP contribution >= 0.6 is 0 Å². The van der Waals surface area contributed by atoms with Gasteiger partial charge in [0.2, 0.25) is 5.82 Å². The van der Waals surface area contributed by atoms with Crippen LogP contribution in [-0.4, -0.2) is 27.8 Å². The monoisotopic (exact) mass is 330 g/mol. The number of hydrogen-bond donors (Lipinski definition) is 1. The minimum absolute atomic E-state index is 0.120. The van der Waals surface area contributed by atoms with E-state index in [1.54, 1.807) is 24.3 Å². The molecule has 8 heteroatoms. The lowest BCUT2D eigenvalue weighted by molar-refractivity contribution is 0.101. The van der Waals surface area contributed by atoms with Crippen LogP contribution in [0.5, 0.6) is 5.75 Å². The average molecular weight is 330 g/mol. The van der Waals surface area contributed by atoms with Gasteiger partial charge >= 0.3 is 0 Å². The molecule has 1 amide bonds. The van der Waals surface area contributed by atoms with E-state index < -0.39 is 17.5 Å². The number of rotatable bonds is 4. The number of methoxy groups -OCH3 is 1. The van der Waals surface area contributed by atoms with E-state index in [0.717, 1.165) is 12.1 Å². The number of hydrogen-bond acceptors (Lipinski definition) is 4. The van der Waals surface area contributed by atoms with Gasteiger partial charge in [-0.1, -0.05) is 12.1 Å². The van der Waals surface area contributed by atoms with Crippen LogP contribution in [0.4, 0.5) is 14.5 Å². The van der Waals surface area contributed by atoms with Crippen molar-refractivity contribution in [2.45, 2.75) is 0 Å². The normalized spacial score (nSPS) is 10.5. The molecule has 1 N–H and O–H groups in total. The third kappa shape index (κ3) is 3.07. The Kier molecular flexibility index (Phi) is 4.19. The number of carbonyl (C=O) groups is 1. The van der Waals surface area contributed by atoms with Gasteiger partial charge in [0.05, 0.1) is 18.5 Å². The SMILES string of the molecule is COc1ccccc1NC(=O)c1ncn(-c2ccc(F)c(F)c2)n1. The fourth-order valence-electron chi connectivity index (χ4n) is 2.05. The molecule has 1 heterocycles. The standard InChI is InChI=1S/C16H12F2N4O2/c1-24-14-5-3-2-4-13(14)20-16(23)15-19-9-22(21-15)10-6-7-11(17)12(18)8-10/h2-9H,1H3,(H,20,23). The van der Waals surface area contributed by atoms with Crippen LogP contribution in [0, 0.1) is 11.6 Å². The molecule has 0 saturated heterocycles. The van der Waals surface area contributed by atoms with E-state index in [9.17, 15) is 13.6 Å². The molecular formula is C16H12F2N4O2. The molecule has 0 atom stereocenters. The van der Waals surface area contributed by atoms with Crippen LogP contribution in [0.25, 0.3) is 5.69 Å². The molecule has 2 aromatic carbocycles. The smallest absolute Gasteiger partial charge is 0.295 e. The summed E-state index contributed by atoms with van der Waals surface area (Å²) in [6, 6.07) is 10.1. The number of nitrogens with zero attached hydrogens (tertiary/aromatic N) is 3. The van der Waals surface area contributed by atoms with Crippen LogP contribution in [-0.2, 0) is 0 Å². The molecule has 3 aromatic rings. The topological polar surface area (TPSA) is 69.0 Å². The molecular weight excluding hydrogens is 318 g/mol. The second-order valence-corrected chi connectivity index (χ2v) is 4.77. The Morgan fingerprint density at radius 1 is 1.17 bits per heavy atom. The van der Waals surface area contributed by atoms with E-state index in [4.69, 9.17) is 4.74 Å². The molecule has 0 radical (unpaired) electrons. The molecule has 6 nitrogen and oxygen atoms in total. The number of carbonyl (C=O) groups excluding carboxylic acids is 1. The molecule has 0 unspecified atom stereocenters. The number of halogens is 2. The molecule has 0 spiro atoms. The lowest BCUT2D eigenvalue weighted by Crippen LogP contribution is -2.15. The lowest BCUT2D eigenvalue weighted by atomic mass is 10.3. The van der Waals surface area contributed by atoms with Crippen LogP contribution in [0.1, 0.15) is 10.6 Å². The summed E-state index contributed by atoms with van der Waals surface area (Å²) in [5, 5.41) is 6.59. The van der Waals surface area contributed by atoms with Crippen molar-refractivity contribution >= 4 is 11.6 Å². The Hall–Kier alpha value is -3.29. The Balaban J connectivity index is 1.82. The zero-order valence-electron chi connectivity index (χ0n) is 12.5. The highest BCUT2D eigenvalue weighted by molar-refractivity contribution is 6.02. The second-order valence-electron chi connectivity index (χ2n) is 4.77. The number of aromatic nitrogens is 3. The number of benzene rings is 2. The number of anilines is 1.